The largest absolute Gasteiger partial charge is 0.342 e. The first kappa shape index (κ1) is 20.6. The Balaban J connectivity index is 1.24. The molecule has 2 aliphatic heterocycles. The van der Waals surface area contributed by atoms with Gasteiger partial charge in [0.2, 0.25) is 11.8 Å². The third kappa shape index (κ3) is 5.07. The van der Waals surface area contributed by atoms with Gasteiger partial charge in [0.15, 0.2) is 0 Å². The minimum absolute atomic E-state index is 0.0504. The van der Waals surface area contributed by atoms with Gasteiger partial charge in [-0.3, -0.25) is 9.59 Å². The summed E-state index contributed by atoms with van der Waals surface area (Å²) >= 11 is 0. The van der Waals surface area contributed by atoms with E-state index in [0.717, 1.165) is 37.9 Å². The van der Waals surface area contributed by atoms with Crippen LogP contribution < -0.4 is 0 Å². The van der Waals surface area contributed by atoms with Gasteiger partial charge in [0.05, 0.1) is 5.92 Å². The molecule has 0 N–H and O–H groups in total. The molecule has 2 aromatic carbocycles. The van der Waals surface area contributed by atoms with Gasteiger partial charge in [0.1, 0.15) is 5.82 Å². The minimum atomic E-state index is -0.255. The van der Waals surface area contributed by atoms with Crippen molar-refractivity contribution in [2.24, 2.45) is 11.8 Å². The molecule has 0 bridgehead atoms. The molecule has 30 heavy (non-hydrogen) atoms. The van der Waals surface area contributed by atoms with Crippen LogP contribution in [0.3, 0.4) is 0 Å². The van der Waals surface area contributed by atoms with Crippen LogP contribution in [0.2, 0.25) is 0 Å². The van der Waals surface area contributed by atoms with Crippen molar-refractivity contribution >= 4 is 11.8 Å². The summed E-state index contributed by atoms with van der Waals surface area (Å²) in [5, 5.41) is 0. The van der Waals surface area contributed by atoms with E-state index in [1.54, 1.807) is 17.0 Å². The van der Waals surface area contributed by atoms with Crippen LogP contribution in [0.5, 0.6) is 0 Å². The fourth-order valence-electron chi connectivity index (χ4n) is 4.63. The van der Waals surface area contributed by atoms with Crippen molar-refractivity contribution in [3.8, 4) is 0 Å². The Hall–Kier alpha value is -2.69. The lowest BCUT2D eigenvalue weighted by Crippen LogP contribution is -2.42. The molecule has 0 radical (unpaired) electrons. The van der Waals surface area contributed by atoms with Gasteiger partial charge in [0, 0.05) is 32.6 Å². The normalized spacial score (nSPS) is 20.0. The summed E-state index contributed by atoms with van der Waals surface area (Å²) in [6.45, 7) is 2.66. The Bertz CT molecular complexity index is 860. The summed E-state index contributed by atoms with van der Waals surface area (Å²) < 4.78 is 13.0. The van der Waals surface area contributed by atoms with Gasteiger partial charge in [-0.15, -0.1) is 0 Å². The lowest BCUT2D eigenvalue weighted by atomic mass is 9.89. The van der Waals surface area contributed by atoms with E-state index in [1.165, 1.54) is 17.7 Å². The number of likely N-dealkylation sites (tertiary alicyclic amines) is 2. The zero-order chi connectivity index (χ0) is 20.9. The quantitative estimate of drug-likeness (QED) is 0.731. The molecule has 4 nitrogen and oxygen atoms in total. The van der Waals surface area contributed by atoms with E-state index in [4.69, 9.17) is 0 Å². The number of carbonyl (C=O) groups excluding carboxylic acids is 2. The maximum absolute atomic E-state index is 13.0. The van der Waals surface area contributed by atoms with Crippen molar-refractivity contribution < 1.29 is 14.0 Å². The number of carbonyl (C=O) groups is 2. The Labute approximate surface area is 177 Å². The number of amides is 2. The third-order valence-electron chi connectivity index (χ3n) is 6.44. The molecular formula is C25H29FN2O2. The minimum Gasteiger partial charge on any atom is -0.342 e. The molecule has 0 saturated carbocycles. The number of hydrogen-bond donors (Lipinski definition) is 0. The topological polar surface area (TPSA) is 40.6 Å². The van der Waals surface area contributed by atoms with Crippen LogP contribution in [-0.2, 0) is 22.4 Å². The van der Waals surface area contributed by atoms with Gasteiger partial charge in [-0.05, 0) is 54.9 Å². The standard InChI is InChI=1S/C25H29FN2O2/c26-23-8-6-19(7-9-23)10-15-28-18-22(17-24(28)29)25(30)27-13-11-21(12-14-27)16-20-4-2-1-3-5-20/h1-9,21-22H,10-18H2. The van der Waals surface area contributed by atoms with E-state index in [1.807, 2.05) is 11.0 Å². The molecule has 2 saturated heterocycles. The SMILES string of the molecule is O=C1CC(C(=O)N2CCC(Cc3ccccc3)CC2)CN1CCc1ccc(F)cc1. The molecule has 2 fully saturated rings. The smallest absolute Gasteiger partial charge is 0.227 e. The molecule has 2 heterocycles. The summed E-state index contributed by atoms with van der Waals surface area (Å²) in [6, 6.07) is 16.9. The maximum atomic E-state index is 13.0. The number of nitrogens with zero attached hydrogens (tertiary/aromatic N) is 2. The molecule has 158 valence electrons. The average Bonchev–Trinajstić information content (AvgIpc) is 3.15. The highest BCUT2D eigenvalue weighted by molar-refractivity contribution is 5.89. The van der Waals surface area contributed by atoms with Crippen LogP contribution in [-0.4, -0.2) is 47.8 Å². The monoisotopic (exact) mass is 408 g/mol. The van der Waals surface area contributed by atoms with Crippen molar-refractivity contribution in [2.75, 3.05) is 26.2 Å². The molecule has 0 aliphatic carbocycles. The van der Waals surface area contributed by atoms with Crippen LogP contribution in [0.15, 0.2) is 54.6 Å². The first-order chi connectivity index (χ1) is 14.6. The van der Waals surface area contributed by atoms with Crippen LogP contribution in [0.4, 0.5) is 4.39 Å². The highest BCUT2D eigenvalue weighted by Gasteiger charge is 2.37. The molecule has 2 aromatic rings. The van der Waals surface area contributed by atoms with E-state index >= 15 is 0 Å². The molecule has 0 spiro atoms. The van der Waals surface area contributed by atoms with Crippen molar-refractivity contribution in [1.82, 2.24) is 9.80 Å². The second-order valence-corrected chi connectivity index (χ2v) is 8.58. The van der Waals surface area contributed by atoms with Crippen molar-refractivity contribution in [2.45, 2.75) is 32.1 Å². The average molecular weight is 409 g/mol. The van der Waals surface area contributed by atoms with Crippen molar-refractivity contribution in [3.05, 3.63) is 71.5 Å². The Morgan fingerprint density at radius 1 is 0.967 bits per heavy atom. The zero-order valence-electron chi connectivity index (χ0n) is 17.3. The summed E-state index contributed by atoms with van der Waals surface area (Å²) in [4.78, 5) is 29.1. The summed E-state index contributed by atoms with van der Waals surface area (Å²) in [6.07, 6.45) is 4.11. The number of halogens is 1. The Kier molecular flexibility index (Phi) is 6.46. The van der Waals surface area contributed by atoms with Crippen LogP contribution in [0.25, 0.3) is 0 Å². The second kappa shape index (κ2) is 9.41. The Morgan fingerprint density at radius 2 is 1.67 bits per heavy atom. The van der Waals surface area contributed by atoms with Crippen molar-refractivity contribution in [1.29, 1.82) is 0 Å². The number of hydrogen-bond acceptors (Lipinski definition) is 2. The number of piperidine rings is 1. The van der Waals surface area contributed by atoms with Gasteiger partial charge < -0.3 is 9.80 Å². The lowest BCUT2D eigenvalue weighted by Gasteiger charge is -2.33. The predicted octanol–water partition coefficient (Wildman–Crippen LogP) is 3.70. The van der Waals surface area contributed by atoms with Gasteiger partial charge in [-0.1, -0.05) is 42.5 Å². The third-order valence-corrected chi connectivity index (χ3v) is 6.44. The first-order valence-corrected chi connectivity index (χ1v) is 10.9. The summed E-state index contributed by atoms with van der Waals surface area (Å²) in [5.41, 5.74) is 2.36. The van der Waals surface area contributed by atoms with E-state index in [2.05, 4.69) is 24.3 Å². The predicted molar refractivity (Wildman–Crippen MR) is 114 cm³/mol. The molecule has 5 heteroatoms. The first-order valence-electron chi connectivity index (χ1n) is 10.9. The maximum Gasteiger partial charge on any atom is 0.227 e. The second-order valence-electron chi connectivity index (χ2n) is 8.58. The molecule has 2 amide bonds. The highest BCUT2D eigenvalue weighted by atomic mass is 19.1. The summed E-state index contributed by atoms with van der Waals surface area (Å²) in [5.74, 6) is 0.319. The number of rotatable bonds is 6. The molecular weight excluding hydrogens is 379 g/mol. The van der Waals surface area contributed by atoms with E-state index in [9.17, 15) is 14.0 Å². The Morgan fingerprint density at radius 3 is 2.37 bits per heavy atom. The van der Waals surface area contributed by atoms with Crippen molar-refractivity contribution in [3.63, 3.8) is 0 Å². The fourth-order valence-corrected chi connectivity index (χ4v) is 4.63. The molecule has 1 atom stereocenters. The van der Waals surface area contributed by atoms with Gasteiger partial charge in [-0.25, -0.2) is 4.39 Å². The van der Waals surface area contributed by atoms with E-state index in [0.29, 0.717) is 31.8 Å². The van der Waals surface area contributed by atoms with Gasteiger partial charge in [-0.2, -0.15) is 0 Å². The van der Waals surface area contributed by atoms with Crippen LogP contribution in [0, 0.1) is 17.7 Å². The lowest BCUT2D eigenvalue weighted by molar-refractivity contribution is -0.137. The zero-order valence-corrected chi connectivity index (χ0v) is 17.3. The molecule has 4 rings (SSSR count). The molecule has 2 aliphatic rings. The summed E-state index contributed by atoms with van der Waals surface area (Å²) in [7, 11) is 0. The van der Waals surface area contributed by atoms with Gasteiger partial charge >= 0.3 is 0 Å². The highest BCUT2D eigenvalue weighted by Crippen LogP contribution is 2.26. The molecule has 1 unspecified atom stereocenters. The van der Waals surface area contributed by atoms with E-state index in [-0.39, 0.29) is 23.5 Å². The van der Waals surface area contributed by atoms with Crippen LogP contribution >= 0.6 is 0 Å². The van der Waals surface area contributed by atoms with Crippen LogP contribution in [0.1, 0.15) is 30.4 Å². The van der Waals surface area contributed by atoms with Gasteiger partial charge in [0.25, 0.3) is 0 Å². The van der Waals surface area contributed by atoms with E-state index < -0.39 is 0 Å². The fraction of sp³-hybridized carbons (Fsp3) is 0.440. The molecule has 0 aromatic heterocycles. The number of benzene rings is 2.